The molecule has 1 fully saturated rings. The highest BCUT2D eigenvalue weighted by Gasteiger charge is 2.23. The number of carbonyl (C=O) groups is 1. The number of nitrogens with zero attached hydrogens (tertiary/aromatic N) is 3. The molecule has 1 aliphatic heterocycles. The molecule has 1 N–H and O–H groups in total. The number of H-pyrrole nitrogens is 1. The summed E-state index contributed by atoms with van der Waals surface area (Å²) in [5.41, 5.74) is 3.76. The first-order valence-corrected chi connectivity index (χ1v) is 10.7. The normalized spacial score (nSPS) is 13.2. The fourth-order valence-electron chi connectivity index (χ4n) is 4.16. The highest BCUT2D eigenvalue weighted by Crippen LogP contribution is 2.41. The number of hydrogen-bond acceptors (Lipinski definition) is 4. The summed E-state index contributed by atoms with van der Waals surface area (Å²) in [5.74, 6) is -0.0374. The zero-order chi connectivity index (χ0) is 22.2. The summed E-state index contributed by atoms with van der Waals surface area (Å²) in [6, 6.07) is 15.8. The van der Waals surface area contributed by atoms with Crippen LogP contribution in [0.2, 0.25) is 5.02 Å². The van der Waals surface area contributed by atoms with Crippen molar-refractivity contribution < 1.29 is 22.1 Å². The molecule has 0 atom stereocenters. The predicted octanol–water partition coefficient (Wildman–Crippen LogP) is 2.70. The van der Waals surface area contributed by atoms with Crippen molar-refractivity contribution in [2.75, 3.05) is 13.1 Å². The minimum Gasteiger partial charge on any atom is -1.00 e. The second-order valence-electron chi connectivity index (χ2n) is 7.78. The van der Waals surface area contributed by atoms with Gasteiger partial charge in [0.15, 0.2) is 0 Å². The number of hydrogen-bond donors (Lipinski definition) is 1. The van der Waals surface area contributed by atoms with Crippen LogP contribution in [0, 0.1) is 10.1 Å². The molecule has 0 bridgehead atoms. The van der Waals surface area contributed by atoms with Gasteiger partial charge in [-0.15, -0.1) is 0 Å². The number of aromatic amines is 1. The van der Waals surface area contributed by atoms with Gasteiger partial charge >= 0.3 is 0 Å². The Morgan fingerprint density at radius 1 is 1.06 bits per heavy atom. The Bertz CT molecular complexity index is 1350. The van der Waals surface area contributed by atoms with E-state index in [0.29, 0.717) is 38.4 Å². The van der Waals surface area contributed by atoms with E-state index in [2.05, 4.69) is 4.98 Å². The van der Waals surface area contributed by atoms with Crippen LogP contribution in [0.5, 0.6) is 0 Å². The van der Waals surface area contributed by atoms with Gasteiger partial charge in [0.2, 0.25) is 0 Å². The molecule has 1 saturated heterocycles. The van der Waals surface area contributed by atoms with Crippen LogP contribution in [0.25, 0.3) is 33.3 Å². The first-order valence-electron chi connectivity index (χ1n) is 10.3. The summed E-state index contributed by atoms with van der Waals surface area (Å²) in [7, 11) is 0. The summed E-state index contributed by atoms with van der Waals surface area (Å²) in [6.45, 7) is 1.53. The lowest BCUT2D eigenvalue weighted by Crippen LogP contribution is -3.00. The van der Waals surface area contributed by atoms with Crippen molar-refractivity contribution in [3.05, 3.63) is 81.6 Å². The number of nitrogens with one attached hydrogen (secondary N) is 1. The first-order chi connectivity index (χ1) is 15.5. The van der Waals surface area contributed by atoms with E-state index in [1.54, 1.807) is 18.3 Å². The Morgan fingerprint density at radius 2 is 1.79 bits per heavy atom. The number of carbonyl (C=O) groups excluding carboxylic acids is 1. The molecule has 1 amide bonds. The maximum absolute atomic E-state index is 12.8. The topological polar surface area (TPSA) is 92.1 Å². The lowest BCUT2D eigenvalue weighted by atomic mass is 9.98. The van der Waals surface area contributed by atoms with E-state index in [9.17, 15) is 14.9 Å². The molecule has 0 radical (unpaired) electrons. The summed E-state index contributed by atoms with van der Waals surface area (Å²) in [6.07, 6.45) is 3.76. The standard InChI is InChI=1S/C24H19ClN4O3.ClH/c25-22-21(15-6-2-1-3-7-15)18-13-17(29(31)32)8-9-19(18)27-23(22)16-12-20(26-14-16)24(30)28-10-4-5-11-28;/h1-3,6-9,12-14,26H,4-5,10-11H2;1H/p-1. The molecule has 2 aromatic heterocycles. The quantitative estimate of drug-likeness (QED) is 0.358. The van der Waals surface area contributed by atoms with Crippen molar-refractivity contribution in [3.8, 4) is 22.4 Å². The van der Waals surface area contributed by atoms with Gasteiger partial charge in [0.25, 0.3) is 11.6 Å². The molecule has 0 saturated carbocycles. The maximum atomic E-state index is 12.8. The number of likely N-dealkylation sites (tertiary alicyclic amines) is 1. The third kappa shape index (κ3) is 4.17. The molecule has 0 spiro atoms. The van der Waals surface area contributed by atoms with Gasteiger partial charge in [-0.3, -0.25) is 14.9 Å². The van der Waals surface area contributed by atoms with Gasteiger partial charge in [0, 0.05) is 47.9 Å². The Kier molecular flexibility index (Phi) is 6.35. The van der Waals surface area contributed by atoms with Crippen LogP contribution in [-0.2, 0) is 0 Å². The highest BCUT2D eigenvalue weighted by molar-refractivity contribution is 6.37. The third-order valence-electron chi connectivity index (χ3n) is 5.76. The van der Waals surface area contributed by atoms with Crippen molar-refractivity contribution in [3.63, 3.8) is 0 Å². The highest BCUT2D eigenvalue weighted by atomic mass is 35.5. The molecule has 1 aliphatic rings. The Balaban J connectivity index is 0.00000259. The molecule has 3 heterocycles. The van der Waals surface area contributed by atoms with Crippen LogP contribution in [0.4, 0.5) is 5.69 Å². The molecule has 9 heteroatoms. The van der Waals surface area contributed by atoms with E-state index < -0.39 is 4.92 Å². The molecule has 33 heavy (non-hydrogen) atoms. The summed E-state index contributed by atoms with van der Waals surface area (Å²) in [5, 5.41) is 12.3. The monoisotopic (exact) mass is 481 g/mol. The number of aromatic nitrogens is 2. The SMILES string of the molecule is O=C(c1cc(-c2nc3ccc([N+](=O)[O-])cc3c(-c3ccccc3)c2Cl)c[nH]1)N1CCCC1.[Cl-]. The number of fused-ring (bicyclic) bond motifs is 1. The number of nitro groups is 1. The summed E-state index contributed by atoms with van der Waals surface area (Å²) >= 11 is 6.86. The average molecular weight is 482 g/mol. The molecule has 4 aromatic rings. The van der Waals surface area contributed by atoms with Gasteiger partial charge in [-0.1, -0.05) is 41.9 Å². The number of non-ortho nitro benzene ring substituents is 1. The summed E-state index contributed by atoms with van der Waals surface area (Å²) < 4.78 is 0. The van der Waals surface area contributed by atoms with E-state index in [-0.39, 0.29) is 24.0 Å². The van der Waals surface area contributed by atoms with Crippen LogP contribution in [0.15, 0.2) is 60.8 Å². The van der Waals surface area contributed by atoms with Gasteiger partial charge in [-0.2, -0.15) is 0 Å². The number of halogens is 2. The fourth-order valence-corrected chi connectivity index (χ4v) is 4.53. The maximum Gasteiger partial charge on any atom is 0.270 e. The number of nitro benzene ring substituents is 1. The van der Waals surface area contributed by atoms with Crippen molar-refractivity contribution >= 4 is 34.1 Å². The zero-order valence-electron chi connectivity index (χ0n) is 17.4. The Labute approximate surface area is 201 Å². The van der Waals surface area contributed by atoms with E-state index in [0.717, 1.165) is 31.5 Å². The van der Waals surface area contributed by atoms with Crippen LogP contribution in [0.3, 0.4) is 0 Å². The van der Waals surface area contributed by atoms with Gasteiger partial charge < -0.3 is 22.3 Å². The van der Waals surface area contributed by atoms with E-state index >= 15 is 0 Å². The fraction of sp³-hybridized carbons (Fsp3) is 0.167. The predicted molar refractivity (Wildman–Crippen MR) is 124 cm³/mol. The molecule has 168 valence electrons. The molecular formula is C24H19Cl2N4O3-. The molecule has 2 aromatic carbocycles. The lowest BCUT2D eigenvalue weighted by molar-refractivity contribution is -0.384. The van der Waals surface area contributed by atoms with Crippen molar-refractivity contribution in [1.82, 2.24) is 14.9 Å². The van der Waals surface area contributed by atoms with Crippen molar-refractivity contribution in [2.24, 2.45) is 0 Å². The van der Waals surface area contributed by atoms with Crippen molar-refractivity contribution in [2.45, 2.75) is 12.8 Å². The van der Waals surface area contributed by atoms with E-state index in [1.807, 2.05) is 35.2 Å². The average Bonchev–Trinajstić information content (AvgIpc) is 3.51. The number of rotatable bonds is 4. The minimum absolute atomic E-state index is 0. The second-order valence-corrected chi connectivity index (χ2v) is 8.15. The molecule has 5 rings (SSSR count). The van der Waals surface area contributed by atoms with Gasteiger partial charge in [0.05, 0.1) is 21.2 Å². The van der Waals surface area contributed by atoms with Crippen LogP contribution < -0.4 is 12.4 Å². The summed E-state index contributed by atoms with van der Waals surface area (Å²) in [4.78, 5) is 33.3. The number of benzene rings is 2. The third-order valence-corrected chi connectivity index (χ3v) is 6.13. The minimum atomic E-state index is -0.432. The van der Waals surface area contributed by atoms with E-state index in [4.69, 9.17) is 16.6 Å². The van der Waals surface area contributed by atoms with Gasteiger partial charge in [-0.05, 0) is 30.5 Å². The van der Waals surface area contributed by atoms with Crippen LogP contribution >= 0.6 is 11.6 Å². The largest absolute Gasteiger partial charge is 1.00 e. The van der Waals surface area contributed by atoms with Gasteiger partial charge in [0.1, 0.15) is 5.69 Å². The molecular weight excluding hydrogens is 463 g/mol. The van der Waals surface area contributed by atoms with Gasteiger partial charge in [-0.25, -0.2) is 4.98 Å². The second kappa shape index (κ2) is 9.21. The van der Waals surface area contributed by atoms with Crippen LogP contribution in [-0.4, -0.2) is 38.8 Å². The molecule has 0 unspecified atom stereocenters. The van der Waals surface area contributed by atoms with E-state index in [1.165, 1.54) is 12.1 Å². The first kappa shape index (κ1) is 22.8. The molecule has 0 aliphatic carbocycles. The Morgan fingerprint density at radius 3 is 2.48 bits per heavy atom. The molecule has 7 nitrogen and oxygen atoms in total. The number of pyridine rings is 1. The zero-order valence-corrected chi connectivity index (χ0v) is 18.9. The van der Waals surface area contributed by atoms with Crippen molar-refractivity contribution in [1.29, 1.82) is 0 Å². The Hall–Kier alpha value is -3.42. The smallest absolute Gasteiger partial charge is 0.270 e. The van der Waals surface area contributed by atoms with Crippen LogP contribution in [0.1, 0.15) is 23.3 Å². The lowest BCUT2D eigenvalue weighted by Gasteiger charge is -2.14. The number of amides is 1.